The first-order chi connectivity index (χ1) is 11.3. The van der Waals surface area contributed by atoms with Crippen LogP contribution in [-0.2, 0) is 19.2 Å². The standard InChI is InChI=1S/2C8H14N2O2/c2*1-6(11)10-5-3-4-7(10)8(12)9-2/h2*7H,3-5H2,1-2H3,(H,9,12). The second-order valence-electron chi connectivity index (χ2n) is 5.97. The summed E-state index contributed by atoms with van der Waals surface area (Å²) in [5.74, 6) is -0.132. The molecule has 8 nitrogen and oxygen atoms in total. The Morgan fingerprint density at radius 3 is 1.33 bits per heavy atom. The van der Waals surface area contributed by atoms with Crippen LogP contribution < -0.4 is 10.6 Å². The van der Waals surface area contributed by atoms with Gasteiger partial charge in [-0.15, -0.1) is 0 Å². The van der Waals surface area contributed by atoms with Crippen LogP contribution in [0.1, 0.15) is 39.5 Å². The van der Waals surface area contributed by atoms with Gasteiger partial charge in [-0.25, -0.2) is 0 Å². The molecule has 0 aromatic carbocycles. The van der Waals surface area contributed by atoms with E-state index in [2.05, 4.69) is 10.6 Å². The van der Waals surface area contributed by atoms with Crippen molar-refractivity contribution in [1.82, 2.24) is 20.4 Å². The molecular formula is C16H28N4O4. The third kappa shape index (κ3) is 4.94. The number of nitrogens with zero attached hydrogens (tertiary/aromatic N) is 2. The van der Waals surface area contributed by atoms with Crippen LogP contribution in [0.3, 0.4) is 0 Å². The van der Waals surface area contributed by atoms with Gasteiger partial charge in [-0.3, -0.25) is 19.2 Å². The summed E-state index contributed by atoms with van der Waals surface area (Å²) in [5.41, 5.74) is 0. The number of hydrogen-bond donors (Lipinski definition) is 2. The van der Waals surface area contributed by atoms with Crippen LogP contribution in [0.4, 0.5) is 0 Å². The first kappa shape index (κ1) is 19.9. The maximum Gasteiger partial charge on any atom is 0.242 e. The van der Waals surface area contributed by atoms with Gasteiger partial charge >= 0.3 is 0 Å². The summed E-state index contributed by atoms with van der Waals surface area (Å²) in [5, 5.41) is 5.12. The zero-order valence-corrected chi connectivity index (χ0v) is 14.9. The smallest absolute Gasteiger partial charge is 0.242 e. The number of likely N-dealkylation sites (N-methyl/N-ethyl adjacent to an activating group) is 2. The summed E-state index contributed by atoms with van der Waals surface area (Å²) in [7, 11) is 3.19. The van der Waals surface area contributed by atoms with Crippen LogP contribution >= 0.6 is 0 Å². The van der Waals surface area contributed by atoms with Gasteiger partial charge in [0.1, 0.15) is 12.1 Å². The number of likely N-dealkylation sites (tertiary alicyclic amines) is 2. The monoisotopic (exact) mass is 340 g/mol. The lowest BCUT2D eigenvalue weighted by atomic mass is 10.2. The van der Waals surface area contributed by atoms with Crippen molar-refractivity contribution in [2.75, 3.05) is 27.2 Å². The summed E-state index contributed by atoms with van der Waals surface area (Å²) < 4.78 is 0. The van der Waals surface area contributed by atoms with Gasteiger partial charge < -0.3 is 20.4 Å². The van der Waals surface area contributed by atoms with Crippen molar-refractivity contribution in [2.24, 2.45) is 0 Å². The van der Waals surface area contributed by atoms with Crippen LogP contribution in [0.25, 0.3) is 0 Å². The van der Waals surface area contributed by atoms with Crippen molar-refractivity contribution in [1.29, 1.82) is 0 Å². The predicted octanol–water partition coefficient (Wildman–Crippen LogP) is -0.513. The first-order valence-electron chi connectivity index (χ1n) is 8.31. The Bertz CT molecular complexity index is 450. The third-order valence-corrected chi connectivity index (χ3v) is 4.41. The van der Waals surface area contributed by atoms with E-state index in [0.717, 1.165) is 25.7 Å². The fourth-order valence-corrected chi connectivity index (χ4v) is 3.17. The summed E-state index contributed by atoms with van der Waals surface area (Å²) in [6.07, 6.45) is 3.44. The van der Waals surface area contributed by atoms with E-state index >= 15 is 0 Å². The van der Waals surface area contributed by atoms with Crippen LogP contribution in [0.15, 0.2) is 0 Å². The molecule has 0 bridgehead atoms. The number of rotatable bonds is 2. The molecular weight excluding hydrogens is 312 g/mol. The molecule has 0 aromatic rings. The highest BCUT2D eigenvalue weighted by molar-refractivity contribution is 5.87. The molecule has 0 aromatic heterocycles. The number of hydrogen-bond acceptors (Lipinski definition) is 4. The van der Waals surface area contributed by atoms with Gasteiger partial charge in [-0.1, -0.05) is 0 Å². The van der Waals surface area contributed by atoms with E-state index < -0.39 is 0 Å². The molecule has 2 aliphatic rings. The lowest BCUT2D eigenvalue weighted by Gasteiger charge is -2.21. The van der Waals surface area contributed by atoms with E-state index in [0.29, 0.717) is 13.1 Å². The quantitative estimate of drug-likeness (QED) is 0.707. The van der Waals surface area contributed by atoms with Gasteiger partial charge in [0.15, 0.2) is 0 Å². The molecule has 4 amide bonds. The van der Waals surface area contributed by atoms with Crippen molar-refractivity contribution >= 4 is 23.6 Å². The summed E-state index contributed by atoms with van der Waals surface area (Å²) >= 11 is 0. The molecule has 0 radical (unpaired) electrons. The van der Waals surface area contributed by atoms with E-state index in [-0.39, 0.29) is 35.7 Å². The maximum absolute atomic E-state index is 11.2. The van der Waals surface area contributed by atoms with E-state index in [4.69, 9.17) is 0 Å². The van der Waals surface area contributed by atoms with E-state index in [1.54, 1.807) is 23.9 Å². The molecule has 2 N–H and O–H groups in total. The van der Waals surface area contributed by atoms with Gasteiger partial charge in [0.05, 0.1) is 0 Å². The van der Waals surface area contributed by atoms with Gasteiger partial charge in [0.25, 0.3) is 0 Å². The van der Waals surface area contributed by atoms with Gasteiger partial charge in [-0.2, -0.15) is 0 Å². The molecule has 2 atom stereocenters. The molecule has 2 saturated heterocycles. The normalized spacial score (nSPS) is 22.5. The van der Waals surface area contributed by atoms with Crippen LogP contribution in [-0.4, -0.2) is 72.7 Å². The van der Waals surface area contributed by atoms with Crippen molar-refractivity contribution in [3.05, 3.63) is 0 Å². The molecule has 0 aliphatic carbocycles. The second kappa shape index (κ2) is 9.24. The number of carbonyl (C=O) groups is 4. The second-order valence-corrected chi connectivity index (χ2v) is 5.97. The predicted molar refractivity (Wildman–Crippen MR) is 89.0 cm³/mol. The third-order valence-electron chi connectivity index (χ3n) is 4.41. The minimum Gasteiger partial charge on any atom is -0.357 e. The lowest BCUT2D eigenvalue weighted by molar-refractivity contribution is -0.136. The maximum atomic E-state index is 11.2. The van der Waals surface area contributed by atoms with Gasteiger partial charge in [0, 0.05) is 41.0 Å². The van der Waals surface area contributed by atoms with E-state index in [9.17, 15) is 19.2 Å². The first-order valence-corrected chi connectivity index (χ1v) is 8.31. The molecule has 0 saturated carbocycles. The summed E-state index contributed by atoms with van der Waals surface area (Å²) in [4.78, 5) is 47.7. The topological polar surface area (TPSA) is 98.8 Å². The van der Waals surface area contributed by atoms with Gasteiger partial charge in [0.2, 0.25) is 23.6 Å². The lowest BCUT2D eigenvalue weighted by Crippen LogP contribution is -2.43. The number of carbonyl (C=O) groups excluding carboxylic acids is 4. The Labute approximate surface area is 142 Å². The van der Waals surface area contributed by atoms with Crippen molar-refractivity contribution in [3.8, 4) is 0 Å². The molecule has 24 heavy (non-hydrogen) atoms. The fourth-order valence-electron chi connectivity index (χ4n) is 3.17. The molecule has 2 heterocycles. The minimum atomic E-state index is -0.229. The molecule has 0 spiro atoms. The zero-order chi connectivity index (χ0) is 18.3. The van der Waals surface area contributed by atoms with Crippen molar-refractivity contribution in [3.63, 3.8) is 0 Å². The number of nitrogens with one attached hydrogen (secondary N) is 2. The van der Waals surface area contributed by atoms with Crippen molar-refractivity contribution in [2.45, 2.75) is 51.6 Å². The average Bonchev–Trinajstić information content (AvgIpc) is 3.22. The highest BCUT2D eigenvalue weighted by Crippen LogP contribution is 2.17. The van der Waals surface area contributed by atoms with Crippen LogP contribution in [0.5, 0.6) is 0 Å². The molecule has 136 valence electrons. The minimum absolute atomic E-state index is 0.0129. The molecule has 8 heteroatoms. The van der Waals surface area contributed by atoms with Crippen LogP contribution in [0, 0.1) is 0 Å². The zero-order valence-electron chi connectivity index (χ0n) is 14.9. The molecule has 2 unspecified atom stereocenters. The highest BCUT2D eigenvalue weighted by Gasteiger charge is 2.32. The van der Waals surface area contributed by atoms with Crippen LogP contribution in [0.2, 0.25) is 0 Å². The Morgan fingerprint density at radius 1 is 0.750 bits per heavy atom. The van der Waals surface area contributed by atoms with Crippen molar-refractivity contribution < 1.29 is 19.2 Å². The Kier molecular flexibility index (Phi) is 7.67. The highest BCUT2D eigenvalue weighted by atomic mass is 16.2. The summed E-state index contributed by atoms with van der Waals surface area (Å²) in [6.45, 7) is 4.43. The molecule has 2 rings (SSSR count). The van der Waals surface area contributed by atoms with Gasteiger partial charge in [-0.05, 0) is 25.7 Å². The Hall–Kier alpha value is -2.12. The Balaban J connectivity index is 0.000000240. The van der Waals surface area contributed by atoms with E-state index in [1.165, 1.54) is 13.8 Å². The average molecular weight is 340 g/mol. The largest absolute Gasteiger partial charge is 0.357 e. The molecule has 2 fully saturated rings. The fraction of sp³-hybridized carbons (Fsp3) is 0.750. The Morgan fingerprint density at radius 2 is 1.08 bits per heavy atom. The number of amides is 4. The molecule has 2 aliphatic heterocycles. The van der Waals surface area contributed by atoms with E-state index in [1.807, 2.05) is 0 Å². The SMILES string of the molecule is CNC(=O)C1CCCN1C(C)=O.CNC(=O)C1CCCN1C(C)=O. The summed E-state index contributed by atoms with van der Waals surface area (Å²) in [6, 6.07) is -0.458.